The van der Waals surface area contributed by atoms with Crippen LogP contribution in [0.25, 0.3) is 43.9 Å². The molecule has 6 aromatic rings. The third-order valence-corrected chi connectivity index (χ3v) is 9.24. The van der Waals surface area contributed by atoms with Crippen LogP contribution in [-0.2, 0) is 54.9 Å². The van der Waals surface area contributed by atoms with Crippen LogP contribution in [0.5, 0.6) is 0 Å². The van der Waals surface area contributed by atoms with Crippen molar-refractivity contribution in [3.8, 4) is 0 Å². The average molecular weight is 892 g/mol. The van der Waals surface area contributed by atoms with Crippen molar-refractivity contribution >= 4 is 88.6 Å². The summed E-state index contributed by atoms with van der Waals surface area (Å²) in [5.41, 5.74) is 23.9. The predicted octanol–water partition coefficient (Wildman–Crippen LogP) is 2.32. The van der Waals surface area contributed by atoms with Crippen LogP contribution in [0.4, 0.5) is 11.6 Å². The Bertz CT molecular complexity index is 2320. The van der Waals surface area contributed by atoms with Gasteiger partial charge < -0.3 is 45.9 Å². The van der Waals surface area contributed by atoms with E-state index in [1.165, 1.54) is 6.42 Å². The number of carboxylic acid groups (broad SMARTS) is 1. The molecule has 19 heteroatoms. The van der Waals surface area contributed by atoms with Crippen molar-refractivity contribution in [2.75, 3.05) is 38.7 Å². The maximum Gasteiger partial charge on any atom is 1.00 e. The van der Waals surface area contributed by atoms with E-state index in [1.807, 2.05) is 37.1 Å². The van der Waals surface area contributed by atoms with E-state index in [0.29, 0.717) is 11.6 Å². The Balaban J connectivity index is 0.000000941. The third-order valence-electron chi connectivity index (χ3n) is 9.24. The number of pyridine rings is 2. The average Bonchev–Trinajstić information content (AvgIpc) is 3.80. The van der Waals surface area contributed by atoms with Gasteiger partial charge in [0.05, 0.1) is 22.1 Å². The summed E-state index contributed by atoms with van der Waals surface area (Å²) in [7, 11) is 4.25. The van der Waals surface area contributed by atoms with Gasteiger partial charge in [0.1, 0.15) is 29.5 Å². The second-order valence-corrected chi connectivity index (χ2v) is 14.6. The van der Waals surface area contributed by atoms with Gasteiger partial charge in [0.15, 0.2) is 11.6 Å². The Hall–Kier alpha value is -5.14. The number of carbonyl (C=O) groups is 4. The number of anilines is 2. The Morgan fingerprint density at radius 2 is 1.05 bits per heavy atom. The molecule has 341 valence electrons. The fourth-order valence-electron chi connectivity index (χ4n) is 6.57. The van der Waals surface area contributed by atoms with Gasteiger partial charge in [-0.25, -0.2) is 39.3 Å². The number of unbranched alkanes of at least 4 members (excludes halogenated alkanes) is 4. The molecule has 6 rings (SSSR count). The van der Waals surface area contributed by atoms with Gasteiger partial charge in [-0.2, -0.15) is 0 Å². The molecule has 0 unspecified atom stereocenters. The van der Waals surface area contributed by atoms with Crippen LogP contribution in [0.15, 0.2) is 48.5 Å². The number of benzene rings is 2. The van der Waals surface area contributed by atoms with E-state index in [2.05, 4.69) is 79.9 Å². The van der Waals surface area contributed by atoms with Crippen LogP contribution >= 0.6 is 0 Å². The maximum absolute atomic E-state index is 9.85. The number of aryl methyl sites for hydroxylation is 4. The summed E-state index contributed by atoms with van der Waals surface area (Å²) in [4.78, 5) is 65.2. The van der Waals surface area contributed by atoms with Crippen LogP contribution in [-0.4, -0.2) is 94.3 Å². The van der Waals surface area contributed by atoms with Crippen LogP contribution in [0.2, 0.25) is 0 Å². The molecule has 0 bridgehead atoms. The number of aliphatic carboxylic acids is 1. The van der Waals surface area contributed by atoms with Crippen molar-refractivity contribution in [2.45, 2.75) is 112 Å². The summed E-state index contributed by atoms with van der Waals surface area (Å²) in [6.45, 7) is 13.4. The molecular weight excluding hydrogens is 826 g/mol. The minimum atomic E-state index is -1.08. The quantitative estimate of drug-likeness (QED) is 0.0579. The summed E-state index contributed by atoms with van der Waals surface area (Å²) >= 11 is 0. The van der Waals surface area contributed by atoms with E-state index >= 15 is 0 Å². The van der Waals surface area contributed by atoms with Gasteiger partial charge in [-0.3, -0.25) is 0 Å². The molecule has 0 aliphatic rings. The van der Waals surface area contributed by atoms with Gasteiger partial charge >= 0.3 is 41.5 Å². The van der Waals surface area contributed by atoms with E-state index in [1.54, 1.807) is 0 Å². The zero-order valence-corrected chi connectivity index (χ0v) is 41.0. The van der Waals surface area contributed by atoms with Crippen molar-refractivity contribution < 1.29 is 63.6 Å². The van der Waals surface area contributed by atoms with E-state index in [-0.39, 0.29) is 38.0 Å². The molecule has 17 nitrogen and oxygen atoms in total. The number of fused-ring (bicyclic) bond motifs is 6. The number of carbonyl (C=O) groups excluding carboxylic acids is 4. The van der Waals surface area contributed by atoms with Crippen molar-refractivity contribution in [3.63, 3.8) is 0 Å². The third kappa shape index (κ3) is 18.5. The normalized spacial score (nSPS) is 10.2. The molecular formula is C45H65BN10NaO7. The Morgan fingerprint density at radius 3 is 1.39 bits per heavy atom. The van der Waals surface area contributed by atoms with Crippen molar-refractivity contribution in [2.24, 2.45) is 5.73 Å². The molecule has 4 aromatic heterocycles. The fraction of sp³-hybridized carbons (Fsp3) is 0.467. The SMILES string of the molecule is C=O.CC(=O)OOC(C)=O.CC(=O)[O-].CCCCc1nc2c(N)nc3ccccc3c2n1CCCCN.CCCCc1nc2c(N)nc3ccccc3c2n1CCCCN(C)C.[B].[Na+]. The van der Waals surface area contributed by atoms with E-state index < -0.39 is 17.9 Å². The van der Waals surface area contributed by atoms with Crippen molar-refractivity contribution in [1.82, 2.24) is 34.0 Å². The summed E-state index contributed by atoms with van der Waals surface area (Å²) in [5, 5.41) is 11.2. The molecule has 0 aliphatic heterocycles. The second-order valence-electron chi connectivity index (χ2n) is 14.6. The first-order valence-corrected chi connectivity index (χ1v) is 21.0. The summed E-state index contributed by atoms with van der Waals surface area (Å²) in [5.74, 6) is 0.961. The molecule has 0 saturated carbocycles. The number of aromatic nitrogens is 6. The molecule has 2 aromatic carbocycles. The summed E-state index contributed by atoms with van der Waals surface area (Å²) in [6.07, 6.45) is 10.9. The predicted molar refractivity (Wildman–Crippen MR) is 249 cm³/mol. The zero-order chi connectivity index (χ0) is 46.2. The number of rotatable bonds is 15. The second kappa shape index (κ2) is 31.7. The molecule has 0 amide bonds. The molecule has 4 heterocycles. The van der Waals surface area contributed by atoms with Crippen LogP contribution in [0.3, 0.4) is 0 Å². The van der Waals surface area contributed by atoms with Crippen LogP contribution < -0.4 is 51.9 Å². The molecule has 0 aliphatic carbocycles. The van der Waals surface area contributed by atoms with Gasteiger partial charge in [-0.1, -0.05) is 63.1 Å². The van der Waals surface area contributed by atoms with Crippen molar-refractivity contribution in [3.05, 3.63) is 60.2 Å². The molecule has 64 heavy (non-hydrogen) atoms. The van der Waals surface area contributed by atoms with Gasteiger partial charge in [-0.05, 0) is 84.8 Å². The molecule has 0 atom stereocenters. The standard InChI is InChI=1S/C20H29N5.C18H25N5.C4H6O4.C2H4O2.CH2O.B.Na/c1-4-5-12-17-23-18-19(25(17)14-9-8-13-24(2)3)15-10-6-7-11-16(15)22-20(18)21;1-2-3-10-15-22-16-17(23(15)12-7-6-11-19)13-8-4-5-9-14(13)21-18(16)20;1-3(5)7-8-4(2)6;1-2(3)4;1-2;;/h6-7,10-11H,4-5,8-9,12-14H2,1-3H3,(H2,21,22);4-5,8-9H,2-3,6-7,10-12,19H2,1H3,(H2,20,21);1-2H3;1H3,(H,3,4);1H2;;/q;;;;;;+1/p-1. The molecule has 0 fully saturated rings. The minimum absolute atomic E-state index is 0. The van der Waals surface area contributed by atoms with Crippen LogP contribution in [0, 0.1) is 0 Å². The first-order chi connectivity index (χ1) is 29.7. The number of para-hydroxylation sites is 2. The molecule has 6 N–H and O–H groups in total. The Morgan fingerprint density at radius 1 is 0.672 bits per heavy atom. The number of nitrogens with zero attached hydrogens (tertiary/aromatic N) is 7. The smallest absolute Gasteiger partial charge is 0.550 e. The summed E-state index contributed by atoms with van der Waals surface area (Å²) in [6, 6.07) is 16.4. The molecule has 0 spiro atoms. The zero-order valence-electron chi connectivity index (χ0n) is 39.0. The number of hydrogen-bond donors (Lipinski definition) is 3. The Labute approximate surface area is 400 Å². The fourth-order valence-corrected chi connectivity index (χ4v) is 6.57. The number of nitrogen functional groups attached to an aromatic ring is 2. The minimum Gasteiger partial charge on any atom is -0.550 e. The number of hydrogen-bond acceptors (Lipinski definition) is 15. The monoisotopic (exact) mass is 892 g/mol. The number of carboxylic acids is 1. The number of nitrogens with two attached hydrogens (primary N) is 3. The summed E-state index contributed by atoms with van der Waals surface area (Å²) < 4.78 is 4.72. The topological polar surface area (TPSA) is 253 Å². The van der Waals surface area contributed by atoms with E-state index in [0.717, 1.165) is 160 Å². The largest absolute Gasteiger partial charge is 1.00 e. The van der Waals surface area contributed by atoms with Gasteiger partial charge in [0, 0.05) is 64.9 Å². The van der Waals surface area contributed by atoms with Crippen LogP contribution in [0.1, 0.15) is 97.6 Å². The number of imidazole rings is 2. The first-order valence-electron chi connectivity index (χ1n) is 21.0. The van der Waals surface area contributed by atoms with Gasteiger partial charge in [-0.15, -0.1) is 0 Å². The van der Waals surface area contributed by atoms with Gasteiger partial charge in [0.2, 0.25) is 0 Å². The van der Waals surface area contributed by atoms with Gasteiger partial charge in [0.25, 0.3) is 0 Å². The first kappa shape index (κ1) is 58.9. The molecule has 0 saturated heterocycles. The maximum atomic E-state index is 9.85. The van der Waals surface area contributed by atoms with E-state index in [4.69, 9.17) is 41.9 Å². The van der Waals surface area contributed by atoms with Crippen molar-refractivity contribution in [1.29, 1.82) is 0 Å². The van der Waals surface area contributed by atoms with E-state index in [9.17, 15) is 9.59 Å². The molecule has 3 radical (unpaired) electrons. The Kier molecular flexibility index (Phi) is 29.1.